The minimum Gasteiger partial charge on any atom is -0.382 e. The van der Waals surface area contributed by atoms with Gasteiger partial charge in [0, 0.05) is 18.3 Å². The topological polar surface area (TPSA) is 78.9 Å². The number of aromatic nitrogens is 2. The van der Waals surface area contributed by atoms with Crippen molar-refractivity contribution >= 4 is 11.8 Å². The van der Waals surface area contributed by atoms with E-state index in [9.17, 15) is 0 Å². The molecule has 16 heavy (non-hydrogen) atoms. The average Bonchev–Trinajstić information content (AvgIpc) is 2.58. The van der Waals surface area contributed by atoms with Crippen LogP contribution in [0.2, 0.25) is 0 Å². The molecule has 0 saturated carbocycles. The number of anilines is 1. The maximum atomic E-state index is 7.37. The first-order valence-corrected chi connectivity index (χ1v) is 5.46. The van der Waals surface area contributed by atoms with E-state index in [1.165, 1.54) is 0 Å². The standard InChI is InChI=1S/C11H17N5/c1-11(2)5-3-7-16(11)10-14-6-4-8(15-10)9(12)13/h4,6H,3,5,7H2,1-2H3,(H3,12,13). The molecule has 3 N–H and O–H groups in total. The van der Waals surface area contributed by atoms with E-state index in [0.717, 1.165) is 19.4 Å². The Kier molecular flexibility index (Phi) is 2.53. The van der Waals surface area contributed by atoms with Gasteiger partial charge in [-0.25, -0.2) is 9.97 Å². The molecule has 0 bridgehead atoms. The number of nitrogens with zero attached hydrogens (tertiary/aromatic N) is 3. The summed E-state index contributed by atoms with van der Waals surface area (Å²) in [4.78, 5) is 10.8. The van der Waals surface area contributed by atoms with Crippen LogP contribution in [0.15, 0.2) is 12.3 Å². The first-order chi connectivity index (χ1) is 7.50. The summed E-state index contributed by atoms with van der Waals surface area (Å²) in [7, 11) is 0. The molecule has 1 aliphatic heterocycles. The zero-order chi connectivity index (χ0) is 11.8. The Morgan fingerprint density at radius 3 is 2.88 bits per heavy atom. The van der Waals surface area contributed by atoms with Gasteiger partial charge in [0.15, 0.2) is 0 Å². The van der Waals surface area contributed by atoms with Gasteiger partial charge in [-0.2, -0.15) is 0 Å². The van der Waals surface area contributed by atoms with Gasteiger partial charge < -0.3 is 10.6 Å². The van der Waals surface area contributed by atoms with Crippen molar-refractivity contribution in [3.05, 3.63) is 18.0 Å². The molecule has 86 valence electrons. The lowest BCUT2D eigenvalue weighted by Gasteiger charge is -2.31. The summed E-state index contributed by atoms with van der Waals surface area (Å²) < 4.78 is 0. The highest BCUT2D eigenvalue weighted by molar-refractivity contribution is 5.93. The number of hydrogen-bond donors (Lipinski definition) is 2. The third-order valence-electron chi connectivity index (χ3n) is 3.06. The van der Waals surface area contributed by atoms with Crippen LogP contribution in [0.1, 0.15) is 32.4 Å². The van der Waals surface area contributed by atoms with Gasteiger partial charge in [-0.15, -0.1) is 0 Å². The van der Waals surface area contributed by atoms with Gasteiger partial charge in [0.05, 0.1) is 0 Å². The number of nitrogen functional groups attached to an aromatic ring is 1. The SMILES string of the molecule is CC1(C)CCCN1c1nccc(C(=N)N)n1. The van der Waals surface area contributed by atoms with Crippen molar-refractivity contribution in [3.63, 3.8) is 0 Å². The Morgan fingerprint density at radius 2 is 2.31 bits per heavy atom. The van der Waals surface area contributed by atoms with Crippen molar-refractivity contribution < 1.29 is 0 Å². The molecule has 0 unspecified atom stereocenters. The number of rotatable bonds is 2. The van der Waals surface area contributed by atoms with E-state index in [-0.39, 0.29) is 11.4 Å². The monoisotopic (exact) mass is 219 g/mol. The highest BCUT2D eigenvalue weighted by atomic mass is 15.3. The van der Waals surface area contributed by atoms with Gasteiger partial charge in [0.25, 0.3) is 0 Å². The molecule has 2 heterocycles. The second-order valence-electron chi connectivity index (χ2n) is 4.72. The van der Waals surface area contributed by atoms with Gasteiger partial charge in [-0.1, -0.05) is 0 Å². The lowest BCUT2D eigenvalue weighted by atomic mass is 10.0. The smallest absolute Gasteiger partial charge is 0.226 e. The van der Waals surface area contributed by atoms with Gasteiger partial charge in [0.2, 0.25) is 5.95 Å². The third kappa shape index (κ3) is 1.85. The van der Waals surface area contributed by atoms with Crippen LogP contribution in [0.5, 0.6) is 0 Å². The van der Waals surface area contributed by atoms with Crippen LogP contribution in [0.25, 0.3) is 0 Å². The minimum absolute atomic E-state index is 0.0133. The van der Waals surface area contributed by atoms with Crippen LogP contribution in [0.3, 0.4) is 0 Å². The van der Waals surface area contributed by atoms with E-state index in [1.807, 2.05) is 0 Å². The fourth-order valence-corrected chi connectivity index (χ4v) is 2.11. The summed E-state index contributed by atoms with van der Waals surface area (Å²) in [5.41, 5.74) is 6.01. The van der Waals surface area contributed by atoms with Crippen molar-refractivity contribution in [1.82, 2.24) is 9.97 Å². The maximum Gasteiger partial charge on any atom is 0.226 e. The van der Waals surface area contributed by atoms with Crippen molar-refractivity contribution in [3.8, 4) is 0 Å². The summed E-state index contributed by atoms with van der Waals surface area (Å²) in [6, 6.07) is 1.66. The fraction of sp³-hybridized carbons (Fsp3) is 0.545. The van der Waals surface area contributed by atoms with Crippen LogP contribution >= 0.6 is 0 Å². The molecule has 0 aliphatic carbocycles. The van der Waals surface area contributed by atoms with Crippen molar-refractivity contribution in [2.24, 2.45) is 5.73 Å². The highest BCUT2D eigenvalue weighted by Crippen LogP contribution is 2.31. The quantitative estimate of drug-likeness (QED) is 0.577. The largest absolute Gasteiger partial charge is 0.382 e. The van der Waals surface area contributed by atoms with Gasteiger partial charge in [-0.3, -0.25) is 5.41 Å². The minimum atomic E-state index is -0.0133. The molecule has 1 aromatic rings. The Balaban J connectivity index is 2.34. The maximum absolute atomic E-state index is 7.37. The van der Waals surface area contributed by atoms with E-state index < -0.39 is 0 Å². The molecule has 1 saturated heterocycles. The molecule has 0 atom stereocenters. The Labute approximate surface area is 95.2 Å². The second-order valence-corrected chi connectivity index (χ2v) is 4.72. The molecular weight excluding hydrogens is 202 g/mol. The molecule has 1 aromatic heterocycles. The summed E-state index contributed by atoms with van der Waals surface area (Å²) >= 11 is 0. The van der Waals surface area contributed by atoms with E-state index in [4.69, 9.17) is 11.1 Å². The van der Waals surface area contributed by atoms with E-state index in [0.29, 0.717) is 11.6 Å². The van der Waals surface area contributed by atoms with Crippen LogP contribution in [0.4, 0.5) is 5.95 Å². The predicted molar refractivity (Wildman–Crippen MR) is 63.7 cm³/mol. The molecule has 1 aliphatic rings. The first-order valence-electron chi connectivity index (χ1n) is 5.46. The molecular formula is C11H17N5. The van der Waals surface area contributed by atoms with E-state index in [2.05, 4.69) is 28.7 Å². The molecule has 2 rings (SSSR count). The number of nitrogens with one attached hydrogen (secondary N) is 1. The van der Waals surface area contributed by atoms with Crippen LogP contribution in [-0.2, 0) is 0 Å². The van der Waals surface area contributed by atoms with Crippen LogP contribution in [0, 0.1) is 5.41 Å². The van der Waals surface area contributed by atoms with Crippen molar-refractivity contribution in [1.29, 1.82) is 5.41 Å². The average molecular weight is 219 g/mol. The van der Waals surface area contributed by atoms with Crippen molar-refractivity contribution in [2.75, 3.05) is 11.4 Å². The number of nitrogens with two attached hydrogens (primary N) is 1. The Bertz CT molecular complexity index is 413. The van der Waals surface area contributed by atoms with E-state index in [1.54, 1.807) is 12.3 Å². The lowest BCUT2D eigenvalue weighted by molar-refractivity contribution is 0.510. The van der Waals surface area contributed by atoms with Crippen LogP contribution in [-0.4, -0.2) is 27.9 Å². The Morgan fingerprint density at radius 1 is 1.56 bits per heavy atom. The zero-order valence-electron chi connectivity index (χ0n) is 9.70. The first kappa shape index (κ1) is 10.9. The predicted octanol–water partition coefficient (Wildman–Crippen LogP) is 1.14. The summed E-state index contributed by atoms with van der Waals surface area (Å²) in [5.74, 6) is 0.663. The fourth-order valence-electron chi connectivity index (χ4n) is 2.11. The molecule has 0 amide bonds. The number of amidine groups is 1. The summed E-state index contributed by atoms with van der Waals surface area (Å²) in [6.07, 6.45) is 3.95. The molecule has 0 aromatic carbocycles. The highest BCUT2D eigenvalue weighted by Gasteiger charge is 2.33. The molecule has 5 nitrogen and oxygen atoms in total. The van der Waals surface area contributed by atoms with Gasteiger partial charge in [-0.05, 0) is 32.8 Å². The normalized spacial score (nSPS) is 18.8. The lowest BCUT2D eigenvalue weighted by Crippen LogP contribution is -2.39. The second kappa shape index (κ2) is 3.73. The van der Waals surface area contributed by atoms with E-state index >= 15 is 0 Å². The molecule has 5 heteroatoms. The van der Waals surface area contributed by atoms with Gasteiger partial charge >= 0.3 is 0 Å². The van der Waals surface area contributed by atoms with Gasteiger partial charge in [0.1, 0.15) is 11.5 Å². The third-order valence-corrected chi connectivity index (χ3v) is 3.06. The Hall–Kier alpha value is -1.65. The summed E-state index contributed by atoms with van der Waals surface area (Å²) in [5, 5.41) is 7.37. The molecule has 0 spiro atoms. The number of hydrogen-bond acceptors (Lipinski definition) is 4. The summed E-state index contributed by atoms with van der Waals surface area (Å²) in [6.45, 7) is 5.34. The molecule has 0 radical (unpaired) electrons. The van der Waals surface area contributed by atoms with Crippen LogP contribution < -0.4 is 10.6 Å². The van der Waals surface area contributed by atoms with Crippen molar-refractivity contribution in [2.45, 2.75) is 32.2 Å². The molecule has 1 fully saturated rings. The zero-order valence-corrected chi connectivity index (χ0v) is 9.70.